The van der Waals surface area contributed by atoms with Gasteiger partial charge in [-0.25, -0.2) is 4.98 Å². The molecule has 0 aliphatic carbocycles. The number of imidazole rings is 1. The summed E-state index contributed by atoms with van der Waals surface area (Å²) in [6.45, 7) is 6.17. The molecule has 31 heavy (non-hydrogen) atoms. The molecule has 160 valence electrons. The highest BCUT2D eigenvalue weighted by Gasteiger charge is 2.30. The van der Waals surface area contributed by atoms with Crippen LogP contribution in [0, 0.1) is 0 Å². The van der Waals surface area contributed by atoms with E-state index in [-0.39, 0.29) is 23.6 Å². The molecule has 0 saturated carbocycles. The van der Waals surface area contributed by atoms with Crippen molar-refractivity contribution >= 4 is 34.1 Å². The number of hydrogen-bond donors (Lipinski definition) is 0. The monoisotopic (exact) mass is 439 g/mol. The number of likely N-dealkylation sites (tertiary alicyclic amines) is 1. The smallest absolute Gasteiger partial charge is 0.279 e. The third-order valence-electron chi connectivity index (χ3n) is 5.88. The Morgan fingerprint density at radius 1 is 1.26 bits per heavy atom. The summed E-state index contributed by atoms with van der Waals surface area (Å²) in [5.74, 6) is 0.417. The maximum absolute atomic E-state index is 13.5. The van der Waals surface area contributed by atoms with Gasteiger partial charge in [-0.15, -0.1) is 5.10 Å². The van der Waals surface area contributed by atoms with Gasteiger partial charge >= 0.3 is 0 Å². The molecule has 4 heterocycles. The van der Waals surface area contributed by atoms with Gasteiger partial charge in [0.1, 0.15) is 12.0 Å². The van der Waals surface area contributed by atoms with Gasteiger partial charge < -0.3 is 9.47 Å². The molecular weight excluding hydrogens is 418 g/mol. The molecule has 1 aliphatic heterocycles. The standard InChI is InChI=1S/C21H22ClN7O2/c1-12(2)29-18-14(22)6-4-7-17(18)27-11-23-20(19(27)21(29)31)28-10-15(24-25-28)16-8-5-9-26(16)13(3)30/h4,6-7,10-12,16H,5,8-9H2,1-3H3. The molecule has 3 aromatic heterocycles. The second kappa shape index (κ2) is 7.19. The van der Waals surface area contributed by atoms with E-state index >= 15 is 0 Å². The minimum Gasteiger partial charge on any atom is -0.334 e. The molecule has 1 fully saturated rings. The lowest BCUT2D eigenvalue weighted by Crippen LogP contribution is -2.28. The fourth-order valence-electron chi connectivity index (χ4n) is 4.52. The summed E-state index contributed by atoms with van der Waals surface area (Å²) in [5, 5.41) is 9.04. The fraction of sp³-hybridized carbons (Fsp3) is 0.381. The molecule has 9 nitrogen and oxygen atoms in total. The molecule has 1 unspecified atom stereocenters. The van der Waals surface area contributed by atoms with Crippen molar-refractivity contribution in [3.63, 3.8) is 0 Å². The van der Waals surface area contributed by atoms with Crippen LogP contribution in [-0.4, -0.2) is 46.3 Å². The fourth-order valence-corrected chi connectivity index (χ4v) is 4.78. The lowest BCUT2D eigenvalue weighted by atomic mass is 10.1. The molecule has 1 atom stereocenters. The lowest BCUT2D eigenvalue weighted by molar-refractivity contribution is -0.129. The molecule has 0 spiro atoms. The number of nitrogens with zero attached hydrogens (tertiary/aromatic N) is 7. The van der Waals surface area contributed by atoms with Gasteiger partial charge in [-0.3, -0.25) is 14.0 Å². The predicted molar refractivity (Wildman–Crippen MR) is 117 cm³/mol. The topological polar surface area (TPSA) is 90.3 Å². The number of hydrogen-bond acceptors (Lipinski definition) is 5. The van der Waals surface area contributed by atoms with Crippen molar-refractivity contribution < 1.29 is 4.79 Å². The van der Waals surface area contributed by atoms with Gasteiger partial charge in [-0.1, -0.05) is 22.9 Å². The number of halogens is 1. The van der Waals surface area contributed by atoms with Crippen molar-refractivity contribution in [2.75, 3.05) is 6.54 Å². The Balaban J connectivity index is 1.71. The Morgan fingerprint density at radius 3 is 2.81 bits per heavy atom. The molecule has 10 heteroatoms. The Kier molecular flexibility index (Phi) is 4.58. The summed E-state index contributed by atoms with van der Waals surface area (Å²) in [6.07, 6.45) is 5.13. The van der Waals surface area contributed by atoms with Crippen LogP contribution in [-0.2, 0) is 4.79 Å². The molecule has 4 aromatic rings. The number of benzene rings is 1. The van der Waals surface area contributed by atoms with Gasteiger partial charge in [0.2, 0.25) is 5.91 Å². The summed E-state index contributed by atoms with van der Waals surface area (Å²) in [4.78, 5) is 31.8. The Morgan fingerprint density at radius 2 is 2.06 bits per heavy atom. The zero-order valence-electron chi connectivity index (χ0n) is 17.5. The van der Waals surface area contributed by atoms with Crippen LogP contribution in [0.25, 0.3) is 22.4 Å². The third kappa shape index (κ3) is 2.95. The van der Waals surface area contributed by atoms with E-state index in [1.807, 2.05) is 26.0 Å². The number of fused-ring (bicyclic) bond motifs is 3. The van der Waals surface area contributed by atoms with Crippen LogP contribution in [0.2, 0.25) is 5.02 Å². The first-order valence-electron chi connectivity index (χ1n) is 10.3. The summed E-state index contributed by atoms with van der Waals surface area (Å²) in [7, 11) is 0. The van der Waals surface area contributed by atoms with Gasteiger partial charge in [0.05, 0.1) is 28.3 Å². The average molecular weight is 440 g/mol. The second-order valence-electron chi connectivity index (χ2n) is 8.12. The quantitative estimate of drug-likeness (QED) is 0.489. The van der Waals surface area contributed by atoms with E-state index < -0.39 is 0 Å². The Labute approximate surface area is 182 Å². The number of carbonyl (C=O) groups excluding carboxylic acids is 1. The minimum atomic E-state index is -0.202. The van der Waals surface area contributed by atoms with Gasteiger partial charge in [0, 0.05) is 19.5 Å². The van der Waals surface area contributed by atoms with Crippen molar-refractivity contribution in [1.82, 2.24) is 33.8 Å². The van der Waals surface area contributed by atoms with Gasteiger partial charge in [-0.05, 0) is 38.8 Å². The van der Waals surface area contributed by atoms with E-state index in [1.54, 1.807) is 39.4 Å². The molecule has 0 N–H and O–H groups in total. The number of para-hydroxylation sites is 1. The van der Waals surface area contributed by atoms with Crippen molar-refractivity contribution in [2.45, 2.75) is 45.7 Å². The summed E-state index contributed by atoms with van der Waals surface area (Å²) >= 11 is 6.46. The molecule has 5 rings (SSSR count). The maximum Gasteiger partial charge on any atom is 0.279 e. The highest BCUT2D eigenvalue weighted by Crippen LogP contribution is 2.31. The van der Waals surface area contributed by atoms with Crippen LogP contribution in [0.3, 0.4) is 0 Å². The van der Waals surface area contributed by atoms with Gasteiger partial charge in [0.25, 0.3) is 5.56 Å². The van der Waals surface area contributed by atoms with E-state index in [9.17, 15) is 9.59 Å². The average Bonchev–Trinajstić information content (AvgIpc) is 3.46. The highest BCUT2D eigenvalue weighted by molar-refractivity contribution is 6.35. The van der Waals surface area contributed by atoms with E-state index in [4.69, 9.17) is 11.6 Å². The van der Waals surface area contributed by atoms with Gasteiger partial charge in [0.15, 0.2) is 11.3 Å². The zero-order chi connectivity index (χ0) is 21.9. The van der Waals surface area contributed by atoms with Crippen molar-refractivity contribution in [3.05, 3.63) is 51.8 Å². The summed E-state index contributed by atoms with van der Waals surface area (Å²) < 4.78 is 4.95. The molecule has 0 radical (unpaired) electrons. The minimum absolute atomic E-state index is 0.0210. The normalized spacial score (nSPS) is 16.8. The van der Waals surface area contributed by atoms with E-state index in [1.165, 1.54) is 4.68 Å². The maximum atomic E-state index is 13.5. The van der Waals surface area contributed by atoms with Crippen LogP contribution in [0.4, 0.5) is 0 Å². The first-order chi connectivity index (χ1) is 14.9. The van der Waals surface area contributed by atoms with Crippen LogP contribution in [0.5, 0.6) is 0 Å². The molecular formula is C21H22ClN7O2. The van der Waals surface area contributed by atoms with Crippen LogP contribution < -0.4 is 5.56 Å². The number of carbonyl (C=O) groups is 1. The Hall–Kier alpha value is -3.20. The first kappa shape index (κ1) is 19.7. The first-order valence-corrected chi connectivity index (χ1v) is 10.7. The molecule has 1 saturated heterocycles. The third-order valence-corrected chi connectivity index (χ3v) is 6.18. The van der Waals surface area contributed by atoms with Crippen LogP contribution in [0.15, 0.2) is 35.5 Å². The largest absolute Gasteiger partial charge is 0.334 e. The molecule has 1 amide bonds. The second-order valence-corrected chi connectivity index (χ2v) is 8.53. The van der Waals surface area contributed by atoms with Crippen molar-refractivity contribution in [3.8, 4) is 5.82 Å². The SMILES string of the molecule is CC(=O)N1CCCC1c1cn(-c2ncn3c2c(=O)n(C(C)C)c2c(Cl)cccc23)nn1. The molecule has 0 bridgehead atoms. The molecule has 1 aliphatic rings. The van der Waals surface area contributed by atoms with Gasteiger partial charge in [-0.2, -0.15) is 4.68 Å². The Bertz CT molecular complexity index is 1380. The molecule has 1 aromatic carbocycles. The van der Waals surface area contributed by atoms with E-state index in [0.29, 0.717) is 34.1 Å². The van der Waals surface area contributed by atoms with Crippen molar-refractivity contribution in [1.29, 1.82) is 0 Å². The highest BCUT2D eigenvalue weighted by atomic mass is 35.5. The van der Waals surface area contributed by atoms with Crippen LogP contribution in [0.1, 0.15) is 51.4 Å². The summed E-state index contributed by atoms with van der Waals surface area (Å²) in [6, 6.07) is 5.33. The number of rotatable bonds is 3. The van der Waals surface area contributed by atoms with Crippen LogP contribution >= 0.6 is 11.6 Å². The van der Waals surface area contributed by atoms with E-state index in [0.717, 1.165) is 18.4 Å². The number of aromatic nitrogens is 6. The summed E-state index contributed by atoms with van der Waals surface area (Å²) in [5.41, 5.74) is 2.35. The lowest BCUT2D eigenvalue weighted by Gasteiger charge is -2.20. The zero-order valence-corrected chi connectivity index (χ0v) is 18.2. The van der Waals surface area contributed by atoms with Crippen molar-refractivity contribution in [2.24, 2.45) is 0 Å². The predicted octanol–water partition coefficient (Wildman–Crippen LogP) is 3.15. The number of amides is 1. The van der Waals surface area contributed by atoms with E-state index in [2.05, 4.69) is 15.3 Å².